The SMILES string of the molecule is c1ccc(C23CCCCN2O3)cc1. The fourth-order valence-corrected chi connectivity index (χ4v) is 2.22. The number of rotatable bonds is 1. The molecule has 3 rings (SSSR count). The number of piperidine rings is 1. The summed E-state index contributed by atoms with van der Waals surface area (Å²) in [6.07, 6.45) is 3.71. The Labute approximate surface area is 78.1 Å². The van der Waals surface area contributed by atoms with E-state index in [1.165, 1.54) is 18.4 Å². The van der Waals surface area contributed by atoms with Gasteiger partial charge in [0.05, 0.1) is 0 Å². The lowest BCUT2D eigenvalue weighted by molar-refractivity contribution is 0.198. The quantitative estimate of drug-likeness (QED) is 0.608. The summed E-state index contributed by atoms with van der Waals surface area (Å²) in [6, 6.07) is 10.5. The van der Waals surface area contributed by atoms with Crippen LogP contribution >= 0.6 is 0 Å². The van der Waals surface area contributed by atoms with Gasteiger partial charge in [-0.25, -0.2) is 0 Å². The lowest BCUT2D eigenvalue weighted by atomic mass is 9.96. The zero-order valence-electron chi connectivity index (χ0n) is 7.57. The van der Waals surface area contributed by atoms with E-state index in [0.717, 1.165) is 13.0 Å². The van der Waals surface area contributed by atoms with Gasteiger partial charge in [0.25, 0.3) is 0 Å². The number of nitrogens with zero attached hydrogens (tertiary/aromatic N) is 1. The van der Waals surface area contributed by atoms with Crippen LogP contribution in [-0.4, -0.2) is 11.6 Å². The second kappa shape index (κ2) is 2.56. The van der Waals surface area contributed by atoms with Gasteiger partial charge in [0.15, 0.2) is 5.72 Å². The first-order chi connectivity index (χ1) is 6.42. The minimum Gasteiger partial charge on any atom is -0.266 e. The first-order valence-corrected chi connectivity index (χ1v) is 4.94. The molecule has 0 aliphatic carbocycles. The van der Waals surface area contributed by atoms with Crippen molar-refractivity contribution in [3.8, 4) is 0 Å². The van der Waals surface area contributed by atoms with Crippen LogP contribution in [0.1, 0.15) is 24.8 Å². The number of hydrogen-bond donors (Lipinski definition) is 0. The summed E-state index contributed by atoms with van der Waals surface area (Å²) in [7, 11) is 0. The van der Waals surface area contributed by atoms with Crippen LogP contribution < -0.4 is 0 Å². The zero-order chi connectivity index (χ0) is 8.73. The first kappa shape index (κ1) is 7.54. The third kappa shape index (κ3) is 1.02. The van der Waals surface area contributed by atoms with Crippen molar-refractivity contribution in [2.75, 3.05) is 6.54 Å². The van der Waals surface area contributed by atoms with Crippen LogP contribution in [0.4, 0.5) is 0 Å². The second-order valence-electron chi connectivity index (χ2n) is 3.80. The van der Waals surface area contributed by atoms with E-state index in [1.807, 2.05) is 0 Å². The highest BCUT2D eigenvalue weighted by atomic mass is 16.9. The van der Waals surface area contributed by atoms with E-state index in [9.17, 15) is 0 Å². The normalized spacial score (nSPS) is 36.8. The van der Waals surface area contributed by atoms with Crippen LogP contribution in [0.3, 0.4) is 0 Å². The molecular weight excluding hydrogens is 162 g/mol. The van der Waals surface area contributed by atoms with Crippen molar-refractivity contribution in [2.45, 2.75) is 25.0 Å². The fourth-order valence-electron chi connectivity index (χ4n) is 2.22. The summed E-state index contributed by atoms with van der Waals surface area (Å²) in [6.45, 7) is 1.09. The molecule has 2 aliphatic rings. The topological polar surface area (TPSA) is 15.5 Å². The van der Waals surface area contributed by atoms with Gasteiger partial charge in [-0.3, -0.25) is 4.84 Å². The van der Waals surface area contributed by atoms with Gasteiger partial charge in [-0.05, 0) is 19.3 Å². The van der Waals surface area contributed by atoms with Crippen molar-refractivity contribution < 1.29 is 4.84 Å². The van der Waals surface area contributed by atoms with Gasteiger partial charge in [0.2, 0.25) is 0 Å². The molecule has 2 fully saturated rings. The molecule has 0 saturated carbocycles. The summed E-state index contributed by atoms with van der Waals surface area (Å²) in [5.41, 5.74) is 1.29. The van der Waals surface area contributed by atoms with E-state index >= 15 is 0 Å². The molecule has 2 heteroatoms. The molecule has 68 valence electrons. The van der Waals surface area contributed by atoms with Crippen LogP contribution in [0.5, 0.6) is 0 Å². The molecule has 0 spiro atoms. The second-order valence-corrected chi connectivity index (χ2v) is 3.80. The van der Waals surface area contributed by atoms with Crippen LogP contribution in [0.2, 0.25) is 0 Å². The van der Waals surface area contributed by atoms with Crippen molar-refractivity contribution in [2.24, 2.45) is 0 Å². The third-order valence-electron chi connectivity index (χ3n) is 2.98. The molecule has 2 saturated heterocycles. The first-order valence-electron chi connectivity index (χ1n) is 4.94. The van der Waals surface area contributed by atoms with Crippen molar-refractivity contribution in [1.82, 2.24) is 5.06 Å². The number of hydroxylamine groups is 2. The van der Waals surface area contributed by atoms with E-state index in [2.05, 4.69) is 35.4 Å². The number of hydrogen-bond acceptors (Lipinski definition) is 2. The van der Waals surface area contributed by atoms with Crippen LogP contribution in [0.25, 0.3) is 0 Å². The molecule has 13 heavy (non-hydrogen) atoms. The van der Waals surface area contributed by atoms with Gasteiger partial charge in [0.1, 0.15) is 0 Å². The molecule has 2 aliphatic heterocycles. The summed E-state index contributed by atoms with van der Waals surface area (Å²) in [4.78, 5) is 5.68. The Bertz CT molecular complexity index is 311. The maximum Gasteiger partial charge on any atom is 0.190 e. The van der Waals surface area contributed by atoms with Crippen LogP contribution in [0, 0.1) is 0 Å². The van der Waals surface area contributed by atoms with E-state index in [-0.39, 0.29) is 5.72 Å². The van der Waals surface area contributed by atoms with Crippen molar-refractivity contribution >= 4 is 0 Å². The van der Waals surface area contributed by atoms with Gasteiger partial charge < -0.3 is 0 Å². The molecule has 0 aromatic heterocycles. The van der Waals surface area contributed by atoms with Crippen molar-refractivity contribution in [3.63, 3.8) is 0 Å². The van der Waals surface area contributed by atoms with Gasteiger partial charge in [-0.15, -0.1) is 5.06 Å². The lowest BCUT2D eigenvalue weighted by Gasteiger charge is -2.16. The molecule has 2 unspecified atom stereocenters. The fraction of sp³-hybridized carbons (Fsp3) is 0.455. The summed E-state index contributed by atoms with van der Waals surface area (Å²) < 4.78 is 0. The standard InChI is InChI=1S/C11H13NO/c1-2-6-10(7-3-1)11-8-4-5-9-12(11)13-11/h1-3,6-7H,4-5,8-9H2. The summed E-state index contributed by atoms with van der Waals surface area (Å²) in [5, 5.41) is 2.12. The van der Waals surface area contributed by atoms with Gasteiger partial charge >= 0.3 is 0 Å². The van der Waals surface area contributed by atoms with E-state index < -0.39 is 0 Å². The predicted octanol–water partition coefficient (Wildman–Crippen LogP) is 2.27. The Morgan fingerprint density at radius 3 is 2.77 bits per heavy atom. The molecule has 0 amide bonds. The Hall–Kier alpha value is -0.860. The molecular formula is C11H13NO. The van der Waals surface area contributed by atoms with Crippen molar-refractivity contribution in [3.05, 3.63) is 35.9 Å². The molecule has 2 atom stereocenters. The van der Waals surface area contributed by atoms with Gasteiger partial charge in [-0.1, -0.05) is 30.3 Å². The van der Waals surface area contributed by atoms with E-state index in [1.54, 1.807) is 0 Å². The Morgan fingerprint density at radius 1 is 1.15 bits per heavy atom. The van der Waals surface area contributed by atoms with E-state index in [4.69, 9.17) is 4.84 Å². The van der Waals surface area contributed by atoms with Crippen LogP contribution in [0.15, 0.2) is 30.3 Å². The average Bonchev–Trinajstić information content (AvgIpc) is 2.94. The maximum atomic E-state index is 5.68. The Morgan fingerprint density at radius 2 is 2.00 bits per heavy atom. The Balaban J connectivity index is 1.94. The molecule has 2 nitrogen and oxygen atoms in total. The van der Waals surface area contributed by atoms with Gasteiger partial charge in [0, 0.05) is 12.1 Å². The average molecular weight is 175 g/mol. The highest BCUT2D eigenvalue weighted by molar-refractivity contribution is 5.25. The number of benzene rings is 1. The smallest absolute Gasteiger partial charge is 0.190 e. The zero-order valence-corrected chi connectivity index (χ0v) is 7.57. The molecule has 0 bridgehead atoms. The minimum atomic E-state index is -0.0283. The number of fused-ring (bicyclic) bond motifs is 1. The van der Waals surface area contributed by atoms with E-state index in [0.29, 0.717) is 0 Å². The summed E-state index contributed by atoms with van der Waals surface area (Å²) >= 11 is 0. The largest absolute Gasteiger partial charge is 0.266 e. The predicted molar refractivity (Wildman–Crippen MR) is 49.8 cm³/mol. The molecule has 1 aromatic rings. The highest BCUT2D eigenvalue weighted by Crippen LogP contribution is 2.51. The lowest BCUT2D eigenvalue weighted by Crippen LogP contribution is -2.21. The maximum absolute atomic E-state index is 5.68. The Kier molecular flexibility index (Phi) is 1.49. The highest BCUT2D eigenvalue weighted by Gasteiger charge is 2.57. The van der Waals surface area contributed by atoms with Crippen LogP contribution in [-0.2, 0) is 10.6 Å². The van der Waals surface area contributed by atoms with Crippen molar-refractivity contribution in [1.29, 1.82) is 0 Å². The molecule has 0 radical (unpaired) electrons. The molecule has 0 N–H and O–H groups in total. The minimum absolute atomic E-state index is 0.0283. The monoisotopic (exact) mass is 175 g/mol. The summed E-state index contributed by atoms with van der Waals surface area (Å²) in [5.74, 6) is 0. The van der Waals surface area contributed by atoms with Gasteiger partial charge in [-0.2, -0.15) is 0 Å². The molecule has 2 heterocycles. The third-order valence-corrected chi connectivity index (χ3v) is 2.98. The molecule has 1 aromatic carbocycles.